The molecule has 0 spiro atoms. The van der Waals surface area contributed by atoms with Crippen LogP contribution in [-0.2, 0) is 6.54 Å². The maximum absolute atomic E-state index is 10.9. The minimum atomic E-state index is -0.517. The summed E-state index contributed by atoms with van der Waals surface area (Å²) in [4.78, 5) is 27.6. The first kappa shape index (κ1) is 12.7. The summed E-state index contributed by atoms with van der Waals surface area (Å²) in [7, 11) is 0. The predicted octanol–water partition coefficient (Wildman–Crippen LogP) is 2.11. The molecule has 0 unspecified atom stereocenters. The molecule has 0 aliphatic heterocycles. The number of pyridine rings is 1. The molecule has 18 heavy (non-hydrogen) atoms. The Labute approximate surface area is 113 Å². The maximum Gasteiger partial charge on any atom is 0.312 e. The van der Waals surface area contributed by atoms with Gasteiger partial charge >= 0.3 is 10.6 Å². The molecule has 2 rings (SSSR count). The summed E-state index contributed by atoms with van der Waals surface area (Å²) >= 11 is 4.16. The summed E-state index contributed by atoms with van der Waals surface area (Å²) in [6.07, 6.45) is 1.46. The minimum absolute atomic E-state index is 0.123. The van der Waals surface area contributed by atoms with Gasteiger partial charge in [0.25, 0.3) is 0 Å². The average Bonchev–Trinajstić information content (AvgIpc) is 2.73. The Balaban J connectivity index is 2.18. The third-order valence-electron chi connectivity index (χ3n) is 2.05. The van der Waals surface area contributed by atoms with Crippen LogP contribution < -0.4 is 10.2 Å². The quantitative estimate of drug-likeness (QED) is 0.660. The summed E-state index contributed by atoms with van der Waals surface area (Å²) in [5.74, 6) is 0.162. The van der Waals surface area contributed by atoms with Crippen molar-refractivity contribution in [2.45, 2.75) is 6.54 Å². The van der Waals surface area contributed by atoms with Crippen LogP contribution in [0.15, 0.2) is 26.9 Å². The molecule has 9 heteroatoms. The van der Waals surface area contributed by atoms with Crippen molar-refractivity contribution in [1.82, 2.24) is 9.97 Å². The molecule has 0 atom stereocenters. The Hall–Kier alpha value is -1.74. The number of hydrogen-bond donors (Lipinski definition) is 2. The molecular weight excluding hydrogens is 324 g/mol. The molecule has 2 N–H and O–H groups in total. The van der Waals surface area contributed by atoms with E-state index in [9.17, 15) is 14.9 Å². The van der Waals surface area contributed by atoms with Crippen LogP contribution in [0.1, 0.15) is 5.69 Å². The van der Waals surface area contributed by atoms with E-state index in [0.717, 1.165) is 11.3 Å². The Morgan fingerprint density at radius 2 is 2.39 bits per heavy atom. The molecule has 0 bridgehead atoms. The van der Waals surface area contributed by atoms with E-state index in [1.54, 1.807) is 5.38 Å². The molecule has 94 valence electrons. The Morgan fingerprint density at radius 3 is 3.00 bits per heavy atom. The van der Waals surface area contributed by atoms with Crippen LogP contribution in [0, 0.1) is 10.1 Å². The fraction of sp³-hybridized carbons (Fsp3) is 0.111. The van der Waals surface area contributed by atoms with Crippen LogP contribution in [0.5, 0.6) is 0 Å². The third-order valence-corrected chi connectivity index (χ3v) is 3.20. The van der Waals surface area contributed by atoms with E-state index < -0.39 is 4.92 Å². The second-order valence-electron chi connectivity index (χ2n) is 3.31. The lowest BCUT2D eigenvalue weighted by molar-refractivity contribution is -0.384. The highest BCUT2D eigenvalue weighted by molar-refractivity contribution is 9.10. The number of thiazole rings is 1. The van der Waals surface area contributed by atoms with E-state index in [2.05, 4.69) is 31.2 Å². The minimum Gasteiger partial charge on any atom is -0.359 e. The molecule has 0 aromatic carbocycles. The van der Waals surface area contributed by atoms with Gasteiger partial charge in [-0.2, -0.15) is 0 Å². The Bertz CT molecular complexity index is 639. The Kier molecular flexibility index (Phi) is 3.72. The van der Waals surface area contributed by atoms with Crippen molar-refractivity contribution in [3.05, 3.63) is 47.6 Å². The van der Waals surface area contributed by atoms with Crippen molar-refractivity contribution in [3.63, 3.8) is 0 Å². The summed E-state index contributed by atoms with van der Waals surface area (Å²) in [5.41, 5.74) is 0.533. The molecule has 0 fully saturated rings. The number of anilines is 1. The zero-order valence-corrected chi connectivity index (χ0v) is 11.2. The Morgan fingerprint density at radius 1 is 1.61 bits per heavy atom. The van der Waals surface area contributed by atoms with E-state index in [-0.39, 0.29) is 22.9 Å². The van der Waals surface area contributed by atoms with Gasteiger partial charge in [0, 0.05) is 27.8 Å². The summed E-state index contributed by atoms with van der Waals surface area (Å²) in [5, 5.41) is 15.3. The normalized spacial score (nSPS) is 10.3. The number of nitro groups is 1. The van der Waals surface area contributed by atoms with Gasteiger partial charge in [0.05, 0.1) is 11.5 Å². The van der Waals surface area contributed by atoms with E-state index in [1.807, 2.05) is 0 Å². The van der Waals surface area contributed by atoms with Gasteiger partial charge in [-0.1, -0.05) is 11.3 Å². The summed E-state index contributed by atoms with van der Waals surface area (Å²) < 4.78 is 0.531. The first-order valence-corrected chi connectivity index (χ1v) is 6.44. The largest absolute Gasteiger partial charge is 0.359 e. The number of nitrogens with one attached hydrogen (secondary N) is 2. The average molecular weight is 331 g/mol. The number of nitrogens with zero attached hydrogens (tertiary/aromatic N) is 2. The molecule has 2 heterocycles. The molecule has 0 radical (unpaired) electrons. The zero-order chi connectivity index (χ0) is 13.1. The van der Waals surface area contributed by atoms with Gasteiger partial charge in [0.1, 0.15) is 0 Å². The predicted molar refractivity (Wildman–Crippen MR) is 70.9 cm³/mol. The maximum atomic E-state index is 10.9. The van der Waals surface area contributed by atoms with E-state index in [1.165, 1.54) is 12.3 Å². The van der Waals surface area contributed by atoms with Gasteiger partial charge in [-0.25, -0.2) is 4.98 Å². The van der Waals surface area contributed by atoms with Crippen molar-refractivity contribution in [2.24, 2.45) is 0 Å². The van der Waals surface area contributed by atoms with Crippen molar-refractivity contribution >= 4 is 38.8 Å². The van der Waals surface area contributed by atoms with Crippen LogP contribution >= 0.6 is 27.3 Å². The third kappa shape index (κ3) is 2.93. The number of rotatable bonds is 4. The van der Waals surface area contributed by atoms with Crippen LogP contribution in [0.25, 0.3) is 0 Å². The molecule has 0 aliphatic rings. The van der Waals surface area contributed by atoms with Crippen molar-refractivity contribution < 1.29 is 4.92 Å². The number of aromatic amines is 1. The molecule has 2 aromatic rings. The first-order chi connectivity index (χ1) is 8.56. The standard InChI is InChI=1S/C9H7BrN4O3S/c10-5-1-7(14(16)17)8(11-2-5)12-3-6-4-18-9(15)13-6/h1-2,4H,3H2,(H,11,12)(H,13,15). The van der Waals surface area contributed by atoms with Gasteiger partial charge in [-0.05, 0) is 15.9 Å². The topological polar surface area (TPSA) is 101 Å². The highest BCUT2D eigenvalue weighted by Gasteiger charge is 2.15. The van der Waals surface area contributed by atoms with Crippen LogP contribution in [0.3, 0.4) is 0 Å². The zero-order valence-electron chi connectivity index (χ0n) is 8.84. The molecule has 2 aromatic heterocycles. The molecular formula is C9H7BrN4O3S. The lowest BCUT2D eigenvalue weighted by atomic mass is 10.4. The van der Waals surface area contributed by atoms with Gasteiger partial charge in [-0.15, -0.1) is 0 Å². The fourth-order valence-corrected chi connectivity index (χ4v) is 2.18. The summed E-state index contributed by atoms with van der Waals surface area (Å²) in [6.45, 7) is 0.272. The molecule has 0 saturated heterocycles. The fourth-order valence-electron chi connectivity index (χ4n) is 1.28. The molecule has 0 saturated carbocycles. The lowest BCUT2D eigenvalue weighted by Gasteiger charge is -2.04. The van der Waals surface area contributed by atoms with Crippen molar-refractivity contribution in [1.29, 1.82) is 0 Å². The number of aromatic nitrogens is 2. The first-order valence-electron chi connectivity index (χ1n) is 4.77. The van der Waals surface area contributed by atoms with Crippen LogP contribution in [0.4, 0.5) is 11.5 Å². The smallest absolute Gasteiger partial charge is 0.312 e. The van der Waals surface area contributed by atoms with E-state index in [4.69, 9.17) is 0 Å². The van der Waals surface area contributed by atoms with Gasteiger partial charge in [-0.3, -0.25) is 14.9 Å². The number of halogens is 1. The van der Waals surface area contributed by atoms with E-state index in [0.29, 0.717) is 10.2 Å². The van der Waals surface area contributed by atoms with Crippen molar-refractivity contribution in [2.75, 3.05) is 5.32 Å². The monoisotopic (exact) mass is 330 g/mol. The number of hydrogen-bond acceptors (Lipinski definition) is 6. The highest BCUT2D eigenvalue weighted by Crippen LogP contribution is 2.25. The number of H-pyrrole nitrogens is 1. The molecule has 0 amide bonds. The van der Waals surface area contributed by atoms with Crippen LogP contribution in [-0.4, -0.2) is 14.9 Å². The van der Waals surface area contributed by atoms with Gasteiger partial charge in [0.15, 0.2) is 0 Å². The second kappa shape index (κ2) is 5.27. The van der Waals surface area contributed by atoms with Crippen molar-refractivity contribution in [3.8, 4) is 0 Å². The lowest BCUT2D eigenvalue weighted by Crippen LogP contribution is -2.06. The summed E-state index contributed by atoms with van der Waals surface area (Å²) in [6, 6.07) is 1.37. The van der Waals surface area contributed by atoms with Gasteiger partial charge < -0.3 is 10.3 Å². The second-order valence-corrected chi connectivity index (χ2v) is 5.06. The van der Waals surface area contributed by atoms with E-state index >= 15 is 0 Å². The molecule has 0 aliphatic carbocycles. The molecule has 7 nitrogen and oxygen atoms in total. The highest BCUT2D eigenvalue weighted by atomic mass is 79.9. The van der Waals surface area contributed by atoms with Crippen LogP contribution in [0.2, 0.25) is 0 Å². The SMILES string of the molecule is O=c1[nH]c(CNc2ncc(Br)cc2[N+](=O)[O-])cs1. The van der Waals surface area contributed by atoms with Gasteiger partial charge in [0.2, 0.25) is 5.82 Å².